The van der Waals surface area contributed by atoms with Crippen LogP contribution in [0, 0.1) is 10.1 Å². The van der Waals surface area contributed by atoms with Gasteiger partial charge in [0, 0.05) is 18.7 Å². The molecule has 1 aliphatic heterocycles. The molecule has 0 bridgehead atoms. The third kappa shape index (κ3) is 2.98. The first-order chi connectivity index (χ1) is 8.66. The number of benzene rings is 1. The lowest BCUT2D eigenvalue weighted by Crippen LogP contribution is -2.37. The van der Waals surface area contributed by atoms with Crippen LogP contribution in [-0.4, -0.2) is 23.3 Å². The zero-order chi connectivity index (χ0) is 13.0. The molecule has 1 saturated heterocycles. The predicted molar refractivity (Wildman–Crippen MR) is 65.2 cm³/mol. The molecule has 1 aromatic carbocycles. The van der Waals surface area contributed by atoms with Crippen molar-refractivity contribution >= 4 is 17.5 Å². The molecule has 7 nitrogen and oxygen atoms in total. The molecule has 0 aromatic heterocycles. The molecule has 94 valence electrons. The van der Waals surface area contributed by atoms with Crippen molar-refractivity contribution in [1.82, 2.24) is 16.4 Å². The summed E-state index contributed by atoms with van der Waals surface area (Å²) < 4.78 is 0. The first-order valence-electron chi connectivity index (χ1n) is 5.36. The van der Waals surface area contributed by atoms with Crippen molar-refractivity contribution in [3.8, 4) is 0 Å². The lowest BCUT2D eigenvalue weighted by Gasteiger charge is -2.01. The molecule has 0 aliphatic carbocycles. The van der Waals surface area contributed by atoms with E-state index in [0.717, 1.165) is 5.56 Å². The largest absolute Gasteiger partial charge is 0.293 e. The van der Waals surface area contributed by atoms with Gasteiger partial charge in [0.25, 0.3) is 5.69 Å². The van der Waals surface area contributed by atoms with Crippen molar-refractivity contribution < 1.29 is 9.72 Å². The SMILES string of the molecule is O=C(/C=C/c1ccc([N+](=O)[O-])cc1)C1CNNN1. The van der Waals surface area contributed by atoms with Crippen LogP contribution in [0.15, 0.2) is 30.3 Å². The second-order valence-electron chi connectivity index (χ2n) is 3.79. The topological polar surface area (TPSA) is 96.3 Å². The van der Waals surface area contributed by atoms with Crippen molar-refractivity contribution in [2.24, 2.45) is 0 Å². The third-order valence-electron chi connectivity index (χ3n) is 2.53. The number of hydrazine groups is 2. The minimum absolute atomic E-state index is 0.0318. The van der Waals surface area contributed by atoms with E-state index >= 15 is 0 Å². The molecule has 1 unspecified atom stereocenters. The highest BCUT2D eigenvalue weighted by atomic mass is 16.6. The van der Waals surface area contributed by atoms with Crippen LogP contribution >= 0.6 is 0 Å². The van der Waals surface area contributed by atoms with Crippen LogP contribution in [0.5, 0.6) is 0 Å². The van der Waals surface area contributed by atoms with Gasteiger partial charge in [-0.25, -0.2) is 10.9 Å². The number of nitrogens with one attached hydrogen (secondary N) is 3. The molecule has 18 heavy (non-hydrogen) atoms. The van der Waals surface area contributed by atoms with Gasteiger partial charge in [0.1, 0.15) is 0 Å². The summed E-state index contributed by atoms with van der Waals surface area (Å²) in [5.41, 5.74) is 8.96. The summed E-state index contributed by atoms with van der Waals surface area (Å²) in [5, 5.41) is 10.5. The van der Waals surface area contributed by atoms with Gasteiger partial charge in [0.2, 0.25) is 0 Å². The van der Waals surface area contributed by atoms with Crippen molar-refractivity contribution in [3.63, 3.8) is 0 Å². The van der Waals surface area contributed by atoms with E-state index in [1.54, 1.807) is 18.2 Å². The maximum absolute atomic E-state index is 11.7. The lowest BCUT2D eigenvalue weighted by atomic mass is 10.1. The summed E-state index contributed by atoms with van der Waals surface area (Å²) in [5.74, 6) is -0.0640. The number of non-ortho nitro benzene ring substituents is 1. The summed E-state index contributed by atoms with van der Waals surface area (Å²) in [6.07, 6.45) is 3.08. The number of nitrogens with zero attached hydrogens (tertiary/aromatic N) is 1. The van der Waals surface area contributed by atoms with E-state index in [1.807, 2.05) is 0 Å². The first-order valence-corrected chi connectivity index (χ1v) is 5.36. The van der Waals surface area contributed by atoms with E-state index in [9.17, 15) is 14.9 Å². The lowest BCUT2D eigenvalue weighted by molar-refractivity contribution is -0.384. The molecular weight excluding hydrogens is 236 g/mol. The van der Waals surface area contributed by atoms with Crippen LogP contribution in [0.25, 0.3) is 6.08 Å². The van der Waals surface area contributed by atoms with E-state index in [4.69, 9.17) is 0 Å². The average Bonchev–Trinajstić information content (AvgIpc) is 2.90. The average molecular weight is 248 g/mol. The van der Waals surface area contributed by atoms with Gasteiger partial charge in [-0.2, -0.15) is 5.53 Å². The van der Waals surface area contributed by atoms with E-state index < -0.39 is 4.92 Å². The normalized spacial score (nSPS) is 19.2. The van der Waals surface area contributed by atoms with Crippen LogP contribution in [-0.2, 0) is 4.79 Å². The number of ketones is 1. The smallest absolute Gasteiger partial charge is 0.269 e. The molecule has 1 aliphatic rings. The predicted octanol–water partition coefficient (Wildman–Crippen LogP) is 0.158. The number of rotatable bonds is 4. The van der Waals surface area contributed by atoms with Crippen LogP contribution < -0.4 is 16.4 Å². The van der Waals surface area contributed by atoms with E-state index in [1.165, 1.54) is 18.2 Å². The Morgan fingerprint density at radius 1 is 1.39 bits per heavy atom. The number of hydrogen-bond acceptors (Lipinski definition) is 6. The van der Waals surface area contributed by atoms with Gasteiger partial charge in [-0.05, 0) is 23.8 Å². The van der Waals surface area contributed by atoms with E-state index in [2.05, 4.69) is 16.4 Å². The van der Waals surface area contributed by atoms with Crippen LogP contribution in [0.3, 0.4) is 0 Å². The molecule has 1 atom stereocenters. The van der Waals surface area contributed by atoms with Gasteiger partial charge in [0.05, 0.1) is 11.0 Å². The van der Waals surface area contributed by atoms with Gasteiger partial charge < -0.3 is 0 Å². The fraction of sp³-hybridized carbons (Fsp3) is 0.182. The summed E-state index contributed by atoms with van der Waals surface area (Å²) >= 11 is 0. The summed E-state index contributed by atoms with van der Waals surface area (Å²) in [7, 11) is 0. The van der Waals surface area contributed by atoms with Crippen molar-refractivity contribution in [3.05, 3.63) is 46.0 Å². The maximum Gasteiger partial charge on any atom is 0.269 e. The Kier molecular flexibility index (Phi) is 3.78. The Labute approximate surface area is 103 Å². The highest BCUT2D eigenvalue weighted by Gasteiger charge is 2.18. The van der Waals surface area contributed by atoms with Crippen LogP contribution in [0.1, 0.15) is 5.56 Å². The van der Waals surface area contributed by atoms with Crippen LogP contribution in [0.4, 0.5) is 5.69 Å². The number of carbonyl (C=O) groups excluding carboxylic acids is 1. The second-order valence-corrected chi connectivity index (χ2v) is 3.79. The summed E-state index contributed by atoms with van der Waals surface area (Å²) in [6, 6.07) is 5.71. The number of nitro groups is 1. The molecule has 1 heterocycles. The number of carbonyl (C=O) groups is 1. The van der Waals surface area contributed by atoms with Gasteiger partial charge in [-0.3, -0.25) is 14.9 Å². The van der Waals surface area contributed by atoms with Gasteiger partial charge in [0.15, 0.2) is 5.78 Å². The fourth-order valence-electron chi connectivity index (χ4n) is 1.52. The third-order valence-corrected chi connectivity index (χ3v) is 2.53. The Balaban J connectivity index is 1.99. The molecule has 3 N–H and O–H groups in total. The molecule has 7 heteroatoms. The molecule has 0 radical (unpaired) electrons. The van der Waals surface area contributed by atoms with Crippen molar-refractivity contribution in [2.75, 3.05) is 6.54 Å². The molecule has 0 spiro atoms. The highest BCUT2D eigenvalue weighted by molar-refractivity contribution is 5.97. The van der Waals surface area contributed by atoms with E-state index in [-0.39, 0.29) is 17.5 Å². The second kappa shape index (κ2) is 5.50. The fourth-order valence-corrected chi connectivity index (χ4v) is 1.52. The minimum atomic E-state index is -0.460. The Morgan fingerprint density at radius 3 is 2.67 bits per heavy atom. The molecule has 2 rings (SSSR count). The standard InChI is InChI=1S/C11H12N4O3/c16-11(10-7-12-14-13-10)6-3-8-1-4-9(5-2-8)15(17)18/h1-6,10,12-14H,7H2/b6-3+. The maximum atomic E-state index is 11.7. The molecule has 1 aromatic rings. The Bertz CT molecular complexity index is 478. The minimum Gasteiger partial charge on any atom is -0.293 e. The van der Waals surface area contributed by atoms with Gasteiger partial charge in [-0.15, -0.1) is 0 Å². The summed E-state index contributed by atoms with van der Waals surface area (Å²) in [4.78, 5) is 21.7. The monoisotopic (exact) mass is 248 g/mol. The number of hydrogen-bond donors (Lipinski definition) is 3. The zero-order valence-corrected chi connectivity index (χ0v) is 9.42. The van der Waals surface area contributed by atoms with Gasteiger partial charge in [-0.1, -0.05) is 6.08 Å². The van der Waals surface area contributed by atoms with E-state index in [0.29, 0.717) is 6.54 Å². The first kappa shape index (κ1) is 12.4. The molecule has 0 amide bonds. The van der Waals surface area contributed by atoms with Crippen molar-refractivity contribution in [2.45, 2.75) is 6.04 Å². The van der Waals surface area contributed by atoms with Crippen molar-refractivity contribution in [1.29, 1.82) is 0 Å². The van der Waals surface area contributed by atoms with Crippen LogP contribution in [0.2, 0.25) is 0 Å². The Hall–Kier alpha value is -2.09. The quantitative estimate of drug-likeness (QED) is 0.399. The highest BCUT2D eigenvalue weighted by Crippen LogP contribution is 2.12. The zero-order valence-electron chi connectivity index (χ0n) is 9.42. The molecule has 1 fully saturated rings. The molecular formula is C11H12N4O3. The number of nitro benzene ring substituents is 1. The molecule has 0 saturated carbocycles. The van der Waals surface area contributed by atoms with Gasteiger partial charge >= 0.3 is 0 Å². The Morgan fingerprint density at radius 2 is 2.11 bits per heavy atom. The summed E-state index contributed by atoms with van der Waals surface area (Å²) in [6.45, 7) is 0.517.